The van der Waals surface area contributed by atoms with Crippen molar-refractivity contribution in [2.24, 2.45) is 5.92 Å². The van der Waals surface area contributed by atoms with E-state index in [1.54, 1.807) is 6.07 Å². The van der Waals surface area contributed by atoms with Crippen molar-refractivity contribution in [3.8, 4) is 0 Å². The van der Waals surface area contributed by atoms with Crippen LogP contribution in [0.2, 0.25) is 0 Å². The van der Waals surface area contributed by atoms with Crippen LogP contribution in [0.1, 0.15) is 44.2 Å². The molecule has 0 spiro atoms. The van der Waals surface area contributed by atoms with Crippen LogP contribution in [-0.4, -0.2) is 57.3 Å². The zero-order valence-corrected chi connectivity index (χ0v) is 14.8. The number of aromatic nitrogens is 2. The minimum atomic E-state index is -0.756. The molecule has 2 aliphatic rings. The predicted octanol–water partition coefficient (Wildman–Crippen LogP) is 0.536. The van der Waals surface area contributed by atoms with Crippen molar-refractivity contribution in [3.05, 3.63) is 28.2 Å². The molecular formula is C18H26N4O4. The zero-order valence-electron chi connectivity index (χ0n) is 14.8. The van der Waals surface area contributed by atoms with E-state index in [0.29, 0.717) is 31.0 Å². The average molecular weight is 362 g/mol. The number of carboxylic acid groups (broad SMARTS) is 1. The van der Waals surface area contributed by atoms with E-state index in [1.165, 1.54) is 18.9 Å². The number of hydrogen-bond donors (Lipinski definition) is 3. The third-order valence-corrected chi connectivity index (χ3v) is 5.23. The van der Waals surface area contributed by atoms with E-state index in [9.17, 15) is 14.4 Å². The topological polar surface area (TPSA) is 115 Å². The van der Waals surface area contributed by atoms with Crippen LogP contribution in [0, 0.1) is 5.92 Å². The molecule has 1 aromatic heterocycles. The minimum Gasteiger partial charge on any atom is -0.481 e. The Morgan fingerprint density at radius 1 is 1.23 bits per heavy atom. The molecule has 1 amide bonds. The lowest BCUT2D eigenvalue weighted by molar-refractivity contribution is -0.138. The number of nitrogens with one attached hydrogen (secondary N) is 2. The molecule has 142 valence electrons. The van der Waals surface area contributed by atoms with Crippen LogP contribution >= 0.6 is 0 Å². The lowest BCUT2D eigenvalue weighted by Gasteiger charge is -2.29. The van der Waals surface area contributed by atoms with Gasteiger partial charge in [0.1, 0.15) is 0 Å². The minimum absolute atomic E-state index is 0.0499. The van der Waals surface area contributed by atoms with Gasteiger partial charge in [0.05, 0.1) is 12.1 Å². The third-order valence-electron chi connectivity index (χ3n) is 5.23. The highest BCUT2D eigenvalue weighted by Crippen LogP contribution is 2.35. The maximum Gasteiger partial charge on any atom is 0.304 e. The van der Waals surface area contributed by atoms with E-state index >= 15 is 0 Å². The first-order valence-electron chi connectivity index (χ1n) is 9.30. The number of aryl methyl sites for hydroxylation is 1. The lowest BCUT2D eigenvalue weighted by atomic mass is 10.1. The Labute approximate surface area is 152 Å². The Bertz CT molecular complexity index is 680. The van der Waals surface area contributed by atoms with Gasteiger partial charge >= 0.3 is 5.97 Å². The number of carbonyl (C=O) groups is 2. The van der Waals surface area contributed by atoms with Crippen molar-refractivity contribution in [1.29, 1.82) is 0 Å². The predicted molar refractivity (Wildman–Crippen MR) is 94.7 cm³/mol. The first-order chi connectivity index (χ1) is 12.5. The Morgan fingerprint density at radius 3 is 2.65 bits per heavy atom. The fourth-order valence-electron chi connectivity index (χ4n) is 3.63. The van der Waals surface area contributed by atoms with Crippen molar-refractivity contribution in [2.45, 2.75) is 57.0 Å². The zero-order chi connectivity index (χ0) is 18.5. The molecule has 0 unspecified atom stereocenters. The summed E-state index contributed by atoms with van der Waals surface area (Å²) in [6.45, 7) is 1.50. The SMILES string of the molecule is O=C(O)C[C@H]1CC[C@@H](CNC(=O)CCc2ccc(=O)[nH]n2)N1CC1CC1. The molecule has 3 N–H and O–H groups in total. The summed E-state index contributed by atoms with van der Waals surface area (Å²) in [5, 5.41) is 18.3. The number of rotatable bonds is 9. The first-order valence-corrected chi connectivity index (χ1v) is 9.30. The summed E-state index contributed by atoms with van der Waals surface area (Å²) in [6, 6.07) is 3.32. The van der Waals surface area contributed by atoms with E-state index in [1.807, 2.05) is 0 Å². The summed E-state index contributed by atoms with van der Waals surface area (Å²) in [6.07, 6.45) is 5.21. The fourth-order valence-corrected chi connectivity index (χ4v) is 3.63. The molecule has 26 heavy (non-hydrogen) atoms. The lowest BCUT2D eigenvalue weighted by Crippen LogP contribution is -2.44. The molecular weight excluding hydrogens is 336 g/mol. The summed E-state index contributed by atoms with van der Waals surface area (Å²) in [4.78, 5) is 36.5. The highest BCUT2D eigenvalue weighted by atomic mass is 16.4. The molecule has 1 aliphatic heterocycles. The van der Waals surface area contributed by atoms with Gasteiger partial charge in [0.2, 0.25) is 5.91 Å². The third kappa shape index (κ3) is 5.39. The number of aromatic amines is 1. The molecule has 1 aliphatic carbocycles. The van der Waals surface area contributed by atoms with Crippen LogP contribution in [0.4, 0.5) is 0 Å². The number of carboxylic acids is 1. The molecule has 2 fully saturated rings. The monoisotopic (exact) mass is 362 g/mol. The summed E-state index contributed by atoms with van der Waals surface area (Å²) >= 11 is 0. The number of nitrogens with zero attached hydrogens (tertiary/aromatic N) is 2. The highest BCUT2D eigenvalue weighted by Gasteiger charge is 2.37. The highest BCUT2D eigenvalue weighted by molar-refractivity contribution is 5.76. The van der Waals surface area contributed by atoms with Crippen LogP contribution in [0.5, 0.6) is 0 Å². The van der Waals surface area contributed by atoms with E-state index in [2.05, 4.69) is 20.4 Å². The quantitative estimate of drug-likeness (QED) is 0.590. The standard InChI is InChI=1S/C18H26N4O4/c23-16(7-3-13-4-8-17(24)21-20-13)19-10-15-6-5-14(9-18(25)26)22(15)11-12-1-2-12/h4,8,12,14-15H,1-3,5-7,9-11H2,(H,19,23)(H,21,24)(H,25,26)/t14-,15+/m1/s1. The van der Waals surface area contributed by atoms with Gasteiger partial charge in [-0.3, -0.25) is 19.3 Å². The fraction of sp³-hybridized carbons (Fsp3) is 0.667. The normalized spacial score (nSPS) is 23.1. The number of likely N-dealkylation sites (tertiary alicyclic amines) is 1. The summed E-state index contributed by atoms with van der Waals surface area (Å²) < 4.78 is 0. The molecule has 0 radical (unpaired) electrons. The van der Waals surface area contributed by atoms with Crippen molar-refractivity contribution in [2.75, 3.05) is 13.1 Å². The maximum atomic E-state index is 12.1. The van der Waals surface area contributed by atoms with E-state index in [4.69, 9.17) is 5.11 Å². The van der Waals surface area contributed by atoms with Gasteiger partial charge in [0.25, 0.3) is 5.56 Å². The molecule has 0 aromatic carbocycles. The smallest absolute Gasteiger partial charge is 0.304 e. The van der Waals surface area contributed by atoms with Gasteiger partial charge in [0, 0.05) is 44.1 Å². The molecule has 1 saturated carbocycles. The van der Waals surface area contributed by atoms with Crippen LogP contribution < -0.4 is 10.9 Å². The number of H-pyrrole nitrogens is 1. The van der Waals surface area contributed by atoms with Gasteiger partial charge in [0.15, 0.2) is 0 Å². The Hall–Kier alpha value is -2.22. The van der Waals surface area contributed by atoms with Gasteiger partial charge in [-0.1, -0.05) is 0 Å². The van der Waals surface area contributed by atoms with Crippen molar-refractivity contribution < 1.29 is 14.7 Å². The van der Waals surface area contributed by atoms with Gasteiger partial charge in [-0.25, -0.2) is 5.10 Å². The summed E-state index contributed by atoms with van der Waals surface area (Å²) in [7, 11) is 0. The van der Waals surface area contributed by atoms with Gasteiger partial charge in [-0.2, -0.15) is 5.10 Å². The van der Waals surface area contributed by atoms with Crippen molar-refractivity contribution in [3.63, 3.8) is 0 Å². The molecule has 8 nitrogen and oxygen atoms in total. The van der Waals surface area contributed by atoms with Gasteiger partial charge in [-0.05, 0) is 37.7 Å². The molecule has 0 bridgehead atoms. The Morgan fingerprint density at radius 2 is 2.00 bits per heavy atom. The van der Waals surface area contributed by atoms with Gasteiger partial charge in [-0.15, -0.1) is 0 Å². The average Bonchev–Trinajstić information content (AvgIpc) is 3.35. The van der Waals surface area contributed by atoms with Crippen molar-refractivity contribution in [1.82, 2.24) is 20.4 Å². The molecule has 8 heteroatoms. The van der Waals surface area contributed by atoms with Crippen LogP contribution in [-0.2, 0) is 16.0 Å². The summed E-state index contributed by atoms with van der Waals surface area (Å²) in [5.41, 5.74) is 0.420. The van der Waals surface area contributed by atoms with E-state index in [-0.39, 0.29) is 30.0 Å². The first kappa shape index (κ1) is 18.6. The molecule has 2 heterocycles. The van der Waals surface area contributed by atoms with Crippen LogP contribution in [0.25, 0.3) is 0 Å². The maximum absolute atomic E-state index is 12.1. The van der Waals surface area contributed by atoms with E-state index < -0.39 is 5.97 Å². The largest absolute Gasteiger partial charge is 0.481 e. The second kappa shape index (κ2) is 8.44. The number of carbonyl (C=O) groups excluding carboxylic acids is 1. The molecule has 3 rings (SSSR count). The number of hydrogen-bond acceptors (Lipinski definition) is 5. The van der Waals surface area contributed by atoms with Crippen molar-refractivity contribution >= 4 is 11.9 Å². The van der Waals surface area contributed by atoms with Gasteiger partial charge < -0.3 is 10.4 Å². The summed E-state index contributed by atoms with van der Waals surface area (Å²) in [5.74, 6) is -0.117. The van der Waals surface area contributed by atoms with Crippen LogP contribution in [0.15, 0.2) is 16.9 Å². The second-order valence-corrected chi connectivity index (χ2v) is 7.34. The molecule has 2 atom stereocenters. The Kier molecular flexibility index (Phi) is 6.03. The Balaban J connectivity index is 1.45. The molecule has 1 aromatic rings. The number of aliphatic carboxylic acids is 1. The van der Waals surface area contributed by atoms with E-state index in [0.717, 1.165) is 19.4 Å². The van der Waals surface area contributed by atoms with Crippen LogP contribution in [0.3, 0.4) is 0 Å². The number of amides is 1. The second-order valence-electron chi connectivity index (χ2n) is 7.34. The molecule has 1 saturated heterocycles.